The highest BCUT2D eigenvalue weighted by molar-refractivity contribution is 5.94. The van der Waals surface area contributed by atoms with Crippen LogP contribution in [0.3, 0.4) is 0 Å². The van der Waals surface area contributed by atoms with Crippen LogP contribution in [0.15, 0.2) is 18.3 Å². The standard InChI is InChI=1S/C17H20N4O2/c18-6-13-4-3-12(7-19-13)17(22)20-14-5-15-10-23-16(11-1-2-11)9-21(15)8-14/h3-4,7,11,14-16H,1-2,5,8-10H2,(H,20,22)/t14-,15+,16-/m1/s1. The van der Waals surface area contributed by atoms with Crippen molar-refractivity contribution in [3.05, 3.63) is 29.6 Å². The second kappa shape index (κ2) is 5.91. The highest BCUT2D eigenvalue weighted by Crippen LogP contribution is 2.37. The van der Waals surface area contributed by atoms with E-state index in [0.717, 1.165) is 32.0 Å². The Morgan fingerprint density at radius 3 is 2.96 bits per heavy atom. The second-order valence-corrected chi connectivity index (χ2v) is 6.77. The number of nitrogens with one attached hydrogen (secondary N) is 1. The predicted molar refractivity (Wildman–Crippen MR) is 82.6 cm³/mol. The van der Waals surface area contributed by atoms with E-state index in [1.807, 2.05) is 6.07 Å². The van der Waals surface area contributed by atoms with Gasteiger partial charge in [-0.05, 0) is 37.3 Å². The van der Waals surface area contributed by atoms with Crippen LogP contribution in [-0.2, 0) is 4.74 Å². The lowest BCUT2D eigenvalue weighted by atomic mass is 10.1. The number of rotatable bonds is 3. The molecule has 1 aromatic heterocycles. The fourth-order valence-corrected chi connectivity index (χ4v) is 3.62. The lowest BCUT2D eigenvalue weighted by Crippen LogP contribution is -2.47. The average molecular weight is 312 g/mol. The Morgan fingerprint density at radius 2 is 2.26 bits per heavy atom. The number of carbonyl (C=O) groups is 1. The summed E-state index contributed by atoms with van der Waals surface area (Å²) in [7, 11) is 0. The third-order valence-corrected chi connectivity index (χ3v) is 5.07. The van der Waals surface area contributed by atoms with Crippen molar-refractivity contribution in [2.24, 2.45) is 5.92 Å². The van der Waals surface area contributed by atoms with Crippen molar-refractivity contribution >= 4 is 5.91 Å². The van der Waals surface area contributed by atoms with Gasteiger partial charge in [-0.2, -0.15) is 5.26 Å². The van der Waals surface area contributed by atoms with Crippen molar-refractivity contribution in [2.45, 2.75) is 37.5 Å². The topological polar surface area (TPSA) is 78.2 Å². The largest absolute Gasteiger partial charge is 0.375 e. The summed E-state index contributed by atoms with van der Waals surface area (Å²) in [6.45, 7) is 2.68. The Hall–Kier alpha value is -1.97. The Balaban J connectivity index is 1.34. The molecule has 23 heavy (non-hydrogen) atoms. The van der Waals surface area contributed by atoms with Crippen molar-refractivity contribution in [1.82, 2.24) is 15.2 Å². The van der Waals surface area contributed by atoms with Gasteiger partial charge in [0.25, 0.3) is 5.91 Å². The summed E-state index contributed by atoms with van der Waals surface area (Å²) in [4.78, 5) is 18.7. The number of amides is 1. The third kappa shape index (κ3) is 3.07. The number of morpholine rings is 1. The van der Waals surface area contributed by atoms with E-state index in [1.165, 1.54) is 19.0 Å². The van der Waals surface area contributed by atoms with Gasteiger partial charge in [-0.15, -0.1) is 0 Å². The summed E-state index contributed by atoms with van der Waals surface area (Å²) in [6, 6.07) is 5.76. The van der Waals surface area contributed by atoms with Gasteiger partial charge >= 0.3 is 0 Å². The molecule has 0 spiro atoms. The maximum Gasteiger partial charge on any atom is 0.253 e. The molecule has 1 amide bonds. The molecule has 1 saturated carbocycles. The first-order chi connectivity index (χ1) is 11.2. The van der Waals surface area contributed by atoms with Crippen LogP contribution >= 0.6 is 0 Å². The molecule has 3 atom stereocenters. The molecule has 2 saturated heterocycles. The van der Waals surface area contributed by atoms with Crippen molar-refractivity contribution in [3.8, 4) is 6.07 Å². The number of nitrogens with zero attached hydrogens (tertiary/aromatic N) is 3. The normalized spacial score (nSPS) is 30.5. The summed E-state index contributed by atoms with van der Waals surface area (Å²) in [5, 5.41) is 11.8. The summed E-state index contributed by atoms with van der Waals surface area (Å²) in [5.41, 5.74) is 0.823. The molecule has 1 aliphatic carbocycles. The van der Waals surface area contributed by atoms with Gasteiger partial charge in [-0.1, -0.05) is 0 Å². The minimum atomic E-state index is -0.119. The summed E-state index contributed by atoms with van der Waals surface area (Å²) in [6.07, 6.45) is 5.39. The van der Waals surface area contributed by atoms with Crippen LogP contribution in [0.5, 0.6) is 0 Å². The number of pyridine rings is 1. The second-order valence-electron chi connectivity index (χ2n) is 6.77. The van der Waals surface area contributed by atoms with Crippen LogP contribution in [-0.4, -0.2) is 53.7 Å². The smallest absolute Gasteiger partial charge is 0.253 e. The highest BCUT2D eigenvalue weighted by Gasteiger charge is 2.42. The van der Waals surface area contributed by atoms with Gasteiger partial charge in [0, 0.05) is 31.4 Å². The Morgan fingerprint density at radius 1 is 1.39 bits per heavy atom. The van der Waals surface area contributed by atoms with Crippen LogP contribution in [0.4, 0.5) is 0 Å². The number of aromatic nitrogens is 1. The van der Waals surface area contributed by atoms with E-state index >= 15 is 0 Å². The van der Waals surface area contributed by atoms with E-state index in [9.17, 15) is 4.79 Å². The fraction of sp³-hybridized carbons (Fsp3) is 0.588. The SMILES string of the molecule is N#Cc1ccc(C(=O)N[C@@H]2C[C@H]3CO[C@@H](C4CC4)CN3C2)cn1. The minimum absolute atomic E-state index is 0.119. The van der Waals surface area contributed by atoms with Gasteiger partial charge in [-0.25, -0.2) is 4.98 Å². The molecule has 3 fully saturated rings. The van der Waals surface area contributed by atoms with Crippen LogP contribution in [0.2, 0.25) is 0 Å². The molecular weight excluding hydrogens is 292 g/mol. The summed E-state index contributed by atoms with van der Waals surface area (Å²) in [5.74, 6) is 0.640. The van der Waals surface area contributed by atoms with Crippen LogP contribution < -0.4 is 5.32 Å². The van der Waals surface area contributed by atoms with E-state index in [4.69, 9.17) is 10.00 Å². The average Bonchev–Trinajstić information content (AvgIpc) is 3.35. The molecule has 6 nitrogen and oxygen atoms in total. The van der Waals surface area contributed by atoms with Gasteiger partial charge in [0.2, 0.25) is 0 Å². The van der Waals surface area contributed by atoms with E-state index in [2.05, 4.69) is 15.2 Å². The summed E-state index contributed by atoms with van der Waals surface area (Å²) < 4.78 is 5.98. The number of hydrogen-bond acceptors (Lipinski definition) is 5. The number of ether oxygens (including phenoxy) is 1. The Bertz CT molecular complexity index is 635. The van der Waals surface area contributed by atoms with Crippen molar-refractivity contribution in [1.29, 1.82) is 5.26 Å². The lowest BCUT2D eigenvalue weighted by molar-refractivity contribution is -0.0581. The van der Waals surface area contributed by atoms with E-state index in [1.54, 1.807) is 12.1 Å². The molecule has 1 N–H and O–H groups in total. The molecule has 2 aliphatic heterocycles. The van der Waals surface area contributed by atoms with Crippen LogP contribution in [0.25, 0.3) is 0 Å². The minimum Gasteiger partial charge on any atom is -0.375 e. The van der Waals surface area contributed by atoms with Gasteiger partial charge in [0.05, 0.1) is 18.3 Å². The Labute approximate surface area is 135 Å². The molecule has 0 bridgehead atoms. The van der Waals surface area contributed by atoms with Crippen LogP contribution in [0, 0.1) is 17.2 Å². The third-order valence-electron chi connectivity index (χ3n) is 5.07. The Kier molecular flexibility index (Phi) is 3.76. The maximum atomic E-state index is 12.3. The quantitative estimate of drug-likeness (QED) is 0.898. The van der Waals surface area contributed by atoms with Crippen molar-refractivity contribution < 1.29 is 9.53 Å². The first-order valence-electron chi connectivity index (χ1n) is 8.25. The summed E-state index contributed by atoms with van der Waals surface area (Å²) >= 11 is 0. The number of hydrogen-bond donors (Lipinski definition) is 1. The first kappa shape index (κ1) is 14.6. The zero-order valence-corrected chi connectivity index (χ0v) is 12.9. The number of carbonyl (C=O) groups excluding carboxylic acids is 1. The monoisotopic (exact) mass is 312 g/mol. The fourth-order valence-electron chi connectivity index (χ4n) is 3.62. The molecule has 6 heteroatoms. The van der Waals surface area contributed by atoms with Gasteiger partial charge in [0.15, 0.2) is 0 Å². The predicted octanol–water partition coefficient (Wildman–Crippen LogP) is 0.935. The van der Waals surface area contributed by atoms with Crippen molar-refractivity contribution in [3.63, 3.8) is 0 Å². The maximum absolute atomic E-state index is 12.3. The zero-order chi connectivity index (χ0) is 15.8. The first-order valence-corrected chi connectivity index (χ1v) is 8.25. The molecule has 0 unspecified atom stereocenters. The molecular formula is C17H20N4O2. The van der Waals surface area contributed by atoms with Gasteiger partial charge < -0.3 is 10.1 Å². The molecule has 1 aromatic rings. The molecule has 3 aliphatic rings. The van der Waals surface area contributed by atoms with Gasteiger partial charge in [0.1, 0.15) is 11.8 Å². The van der Waals surface area contributed by atoms with E-state index < -0.39 is 0 Å². The number of nitriles is 1. The zero-order valence-electron chi connectivity index (χ0n) is 12.9. The number of fused-ring (bicyclic) bond motifs is 1. The molecule has 120 valence electrons. The van der Waals surface area contributed by atoms with E-state index in [-0.39, 0.29) is 11.9 Å². The molecule has 0 aromatic carbocycles. The highest BCUT2D eigenvalue weighted by atomic mass is 16.5. The molecule has 4 rings (SSSR count). The molecule has 3 heterocycles. The van der Waals surface area contributed by atoms with Gasteiger partial charge in [-0.3, -0.25) is 9.69 Å². The van der Waals surface area contributed by atoms with Crippen molar-refractivity contribution in [2.75, 3.05) is 19.7 Å². The lowest BCUT2D eigenvalue weighted by Gasteiger charge is -2.35. The molecule has 0 radical (unpaired) electrons. The van der Waals surface area contributed by atoms with E-state index in [0.29, 0.717) is 23.4 Å². The van der Waals surface area contributed by atoms with Crippen LogP contribution in [0.1, 0.15) is 35.3 Å².